The van der Waals surface area contributed by atoms with Crippen LogP contribution >= 0.6 is 27.7 Å². The molecule has 1 atom stereocenters. The van der Waals surface area contributed by atoms with Crippen molar-refractivity contribution >= 4 is 39.3 Å². The summed E-state index contributed by atoms with van der Waals surface area (Å²) < 4.78 is 2.57. The van der Waals surface area contributed by atoms with Gasteiger partial charge < -0.3 is 11.1 Å². The zero-order valence-electron chi connectivity index (χ0n) is 9.92. The maximum Gasteiger partial charge on any atom is 0.245 e. The second-order valence-electron chi connectivity index (χ2n) is 4.11. The summed E-state index contributed by atoms with van der Waals surface area (Å²) in [5.74, 6) is -0.178. The molecule has 3 rings (SSSR count). The molecule has 0 bridgehead atoms. The number of halogens is 1. The summed E-state index contributed by atoms with van der Waals surface area (Å²) in [5, 5.41) is 7.56. The van der Waals surface area contributed by atoms with Gasteiger partial charge in [-0.05, 0) is 39.8 Å². The van der Waals surface area contributed by atoms with Crippen LogP contribution < -0.4 is 11.1 Å². The molecular weight excluding hydrogens is 330 g/mol. The van der Waals surface area contributed by atoms with Crippen molar-refractivity contribution in [3.05, 3.63) is 28.5 Å². The predicted octanol–water partition coefficient (Wildman–Crippen LogP) is 1.68. The Balaban J connectivity index is 1.99. The summed E-state index contributed by atoms with van der Waals surface area (Å²) in [5.41, 5.74) is 7.36. The molecule has 1 aliphatic heterocycles. The number of fused-ring (bicyclic) bond motifs is 1. The molecule has 2 heterocycles. The molecule has 0 saturated carbocycles. The van der Waals surface area contributed by atoms with Crippen molar-refractivity contribution in [3.63, 3.8) is 0 Å². The average molecular weight is 340 g/mol. The lowest BCUT2D eigenvalue weighted by molar-refractivity contribution is -0.116. The molecule has 0 saturated heterocycles. The number of aromatic nitrogens is 3. The van der Waals surface area contributed by atoms with Crippen LogP contribution in [0.4, 0.5) is 5.69 Å². The first kappa shape index (κ1) is 12.6. The maximum atomic E-state index is 11.5. The van der Waals surface area contributed by atoms with E-state index in [1.165, 1.54) is 18.1 Å². The Morgan fingerprint density at radius 3 is 3.00 bits per heavy atom. The van der Waals surface area contributed by atoms with Gasteiger partial charge in [0, 0.05) is 27.7 Å². The number of nitrogens with zero attached hydrogens (tertiary/aromatic N) is 3. The Morgan fingerprint density at radius 2 is 2.32 bits per heavy atom. The molecule has 98 valence electrons. The summed E-state index contributed by atoms with van der Waals surface area (Å²) >= 11 is 4.96. The van der Waals surface area contributed by atoms with E-state index in [4.69, 9.17) is 5.73 Å². The highest BCUT2D eigenvalue weighted by molar-refractivity contribution is 9.10. The van der Waals surface area contributed by atoms with Crippen molar-refractivity contribution < 1.29 is 4.79 Å². The average Bonchev–Trinajstić information content (AvgIpc) is 2.88. The van der Waals surface area contributed by atoms with Gasteiger partial charge in [0.1, 0.15) is 12.4 Å². The van der Waals surface area contributed by atoms with Crippen molar-refractivity contribution in [2.75, 3.05) is 5.32 Å². The van der Waals surface area contributed by atoms with Crippen LogP contribution in [0.1, 0.15) is 11.6 Å². The normalized spacial score (nSPS) is 17.4. The van der Waals surface area contributed by atoms with Gasteiger partial charge in [0.05, 0.1) is 0 Å². The summed E-state index contributed by atoms with van der Waals surface area (Å²) in [6.07, 6.45) is 1.50. The van der Waals surface area contributed by atoms with Crippen LogP contribution in [0.5, 0.6) is 0 Å². The molecule has 0 radical (unpaired) electrons. The Kier molecular flexibility index (Phi) is 3.08. The number of aryl methyl sites for hydroxylation is 1. The van der Waals surface area contributed by atoms with Gasteiger partial charge in [-0.1, -0.05) is 0 Å². The number of amides is 1. The second-order valence-corrected chi connectivity index (χ2v) is 5.97. The van der Waals surface area contributed by atoms with E-state index in [0.717, 1.165) is 25.8 Å². The molecule has 3 N–H and O–H groups in total. The van der Waals surface area contributed by atoms with E-state index in [9.17, 15) is 4.79 Å². The number of carbonyl (C=O) groups is 1. The first-order chi connectivity index (χ1) is 9.06. The van der Waals surface area contributed by atoms with Crippen molar-refractivity contribution in [3.8, 4) is 0 Å². The van der Waals surface area contributed by atoms with Crippen molar-refractivity contribution in [1.82, 2.24) is 14.8 Å². The van der Waals surface area contributed by atoms with Gasteiger partial charge in [0.15, 0.2) is 5.16 Å². The van der Waals surface area contributed by atoms with Crippen LogP contribution in [-0.4, -0.2) is 20.7 Å². The molecule has 1 aromatic carbocycles. The second kappa shape index (κ2) is 4.62. The topological polar surface area (TPSA) is 85.8 Å². The van der Waals surface area contributed by atoms with Gasteiger partial charge in [0.25, 0.3) is 0 Å². The summed E-state index contributed by atoms with van der Waals surface area (Å²) in [7, 11) is 1.83. The molecule has 0 fully saturated rings. The lowest BCUT2D eigenvalue weighted by Gasteiger charge is -2.07. The monoisotopic (exact) mass is 339 g/mol. The lowest BCUT2D eigenvalue weighted by Crippen LogP contribution is -2.19. The Bertz CT molecular complexity index is 671. The van der Waals surface area contributed by atoms with Crippen LogP contribution in [0.25, 0.3) is 0 Å². The number of rotatable bonds is 2. The van der Waals surface area contributed by atoms with Crippen molar-refractivity contribution in [2.45, 2.75) is 16.1 Å². The fourth-order valence-corrected chi connectivity index (χ4v) is 3.25. The van der Waals surface area contributed by atoms with Crippen LogP contribution in [0.3, 0.4) is 0 Å². The number of anilines is 1. The molecule has 19 heavy (non-hydrogen) atoms. The lowest BCUT2D eigenvalue weighted by atomic mass is 10.1. The largest absolute Gasteiger partial charge is 0.324 e. The summed E-state index contributed by atoms with van der Waals surface area (Å²) in [6.45, 7) is 0. The zero-order chi connectivity index (χ0) is 13.6. The Morgan fingerprint density at radius 1 is 1.53 bits per heavy atom. The van der Waals surface area contributed by atoms with Crippen molar-refractivity contribution in [2.24, 2.45) is 12.8 Å². The fraction of sp³-hybridized carbons (Fsp3) is 0.182. The van der Waals surface area contributed by atoms with Gasteiger partial charge in [0.2, 0.25) is 5.91 Å². The standard InChI is InChI=1S/C11H10BrN5OS/c1-17-11(14-4-15-17)19-8-3-7-5(2-6(8)12)9(13)10(18)16-7/h2-4,9H,13H2,1H3,(H,16,18). The van der Waals surface area contributed by atoms with Crippen LogP contribution in [0, 0.1) is 0 Å². The molecule has 1 unspecified atom stereocenters. The molecule has 6 nitrogen and oxygen atoms in total. The van der Waals surface area contributed by atoms with Crippen LogP contribution in [0.15, 0.2) is 33.0 Å². The minimum Gasteiger partial charge on any atom is -0.324 e. The summed E-state index contributed by atoms with van der Waals surface area (Å²) in [6, 6.07) is 3.17. The maximum absolute atomic E-state index is 11.5. The number of hydrogen-bond donors (Lipinski definition) is 2. The first-order valence-electron chi connectivity index (χ1n) is 5.48. The Hall–Kier alpha value is -1.38. The van der Waals surface area contributed by atoms with Crippen molar-refractivity contribution in [1.29, 1.82) is 0 Å². The van der Waals surface area contributed by atoms with Gasteiger partial charge >= 0.3 is 0 Å². The fourth-order valence-electron chi connectivity index (χ4n) is 1.84. The van der Waals surface area contributed by atoms with Gasteiger partial charge in [-0.25, -0.2) is 9.67 Å². The van der Waals surface area contributed by atoms with E-state index in [1.807, 2.05) is 19.2 Å². The minimum absolute atomic E-state index is 0.178. The third-order valence-electron chi connectivity index (χ3n) is 2.85. The molecule has 0 spiro atoms. The van der Waals surface area contributed by atoms with Crippen LogP contribution in [-0.2, 0) is 11.8 Å². The number of benzene rings is 1. The van der Waals surface area contributed by atoms with Gasteiger partial charge in [-0.2, -0.15) is 5.10 Å². The molecule has 1 amide bonds. The predicted molar refractivity (Wildman–Crippen MR) is 74.8 cm³/mol. The summed E-state index contributed by atoms with van der Waals surface area (Å²) in [4.78, 5) is 16.6. The zero-order valence-corrected chi connectivity index (χ0v) is 12.3. The molecule has 8 heteroatoms. The van der Waals surface area contributed by atoms with Crippen LogP contribution in [0.2, 0.25) is 0 Å². The Labute approximate surface area is 121 Å². The number of carbonyl (C=O) groups excluding carboxylic acids is 1. The minimum atomic E-state index is -0.597. The smallest absolute Gasteiger partial charge is 0.245 e. The molecule has 2 aromatic rings. The molecule has 1 aliphatic rings. The van der Waals surface area contributed by atoms with E-state index >= 15 is 0 Å². The number of nitrogens with two attached hydrogens (primary N) is 1. The first-order valence-corrected chi connectivity index (χ1v) is 7.09. The van der Waals surface area contributed by atoms with E-state index < -0.39 is 6.04 Å². The third kappa shape index (κ3) is 2.15. The number of hydrogen-bond acceptors (Lipinski definition) is 5. The van der Waals surface area contributed by atoms with Gasteiger partial charge in [-0.15, -0.1) is 0 Å². The van der Waals surface area contributed by atoms with E-state index in [-0.39, 0.29) is 5.91 Å². The van der Waals surface area contributed by atoms with E-state index in [2.05, 4.69) is 31.3 Å². The number of nitrogens with one attached hydrogen (secondary N) is 1. The third-order valence-corrected chi connectivity index (χ3v) is 4.88. The SMILES string of the molecule is Cn1ncnc1Sc1cc2c(cc1Br)C(N)C(=O)N2. The van der Waals surface area contributed by atoms with Gasteiger partial charge in [-0.3, -0.25) is 4.79 Å². The van der Waals surface area contributed by atoms with E-state index in [0.29, 0.717) is 0 Å². The highest BCUT2D eigenvalue weighted by atomic mass is 79.9. The quantitative estimate of drug-likeness (QED) is 0.869. The molecule has 0 aliphatic carbocycles. The highest BCUT2D eigenvalue weighted by Gasteiger charge is 2.28. The molecular formula is C11H10BrN5OS. The highest BCUT2D eigenvalue weighted by Crippen LogP contribution is 2.39. The van der Waals surface area contributed by atoms with E-state index in [1.54, 1.807) is 4.68 Å². The molecule has 1 aromatic heterocycles.